The van der Waals surface area contributed by atoms with Crippen molar-refractivity contribution >= 4 is 18.0 Å². The van der Waals surface area contributed by atoms with Gasteiger partial charge in [0.05, 0.1) is 17.7 Å². The number of alkyl halides is 3. The van der Waals surface area contributed by atoms with Crippen LogP contribution < -0.4 is 11.3 Å². The van der Waals surface area contributed by atoms with Crippen molar-refractivity contribution in [2.24, 2.45) is 5.73 Å². The zero-order chi connectivity index (χ0) is 28.6. The van der Waals surface area contributed by atoms with Crippen molar-refractivity contribution in [3.8, 4) is 22.4 Å². The first-order valence-corrected chi connectivity index (χ1v) is 14.0. The number of nitrogens with two attached hydrogens (primary N) is 1. The number of fused-ring (bicyclic) bond motifs is 3. The lowest BCUT2D eigenvalue weighted by molar-refractivity contribution is -0.118. The van der Waals surface area contributed by atoms with E-state index in [-0.39, 0.29) is 5.56 Å². The number of nitrogens with one attached hydrogen (secondary N) is 1. The Morgan fingerprint density at radius 3 is 2.02 bits per heavy atom. The minimum atomic E-state index is -4.18. The maximum absolute atomic E-state index is 12.5. The van der Waals surface area contributed by atoms with Crippen molar-refractivity contribution in [2.75, 3.05) is 12.3 Å². The van der Waals surface area contributed by atoms with Gasteiger partial charge in [-0.3, -0.25) is 4.79 Å². The summed E-state index contributed by atoms with van der Waals surface area (Å²) < 4.78 is 32.0. The molecular formula is C31H30F3N3O2S. The molecule has 1 heterocycles. The van der Waals surface area contributed by atoms with Crippen LogP contribution in [0, 0.1) is 0 Å². The molecule has 4 aromatic rings. The number of H-pyrrole nitrogens is 1. The molecule has 0 atom stereocenters. The minimum absolute atomic E-state index is 0.136. The summed E-state index contributed by atoms with van der Waals surface area (Å²) in [5, 5.41) is 0.648. The minimum Gasteiger partial charge on any atom is -0.323 e. The molecule has 5 rings (SSSR count). The Bertz CT molecular complexity index is 1440. The molecule has 1 aliphatic carbocycles. The standard InChI is InChI=1S/C29H26N2O2S.C2H4F3N/c32-20-29(24-15-7-5-13-22(24)23-14-6-8-16-25(23)29)17-9-2-10-18-34-28-30-26(19-27(33)31-28)21-11-3-1-4-12-21;3-2(4,5)1-6/h1,3-8,11-16,19-20H,2,9-10,17-18H2,(H,30,31,33);1,6H2. The smallest absolute Gasteiger partial charge is 0.323 e. The Morgan fingerprint density at radius 1 is 0.875 bits per heavy atom. The van der Waals surface area contributed by atoms with Crippen LogP contribution in [-0.2, 0) is 10.2 Å². The number of carbonyl (C=O) groups excluding carboxylic acids is 1. The van der Waals surface area contributed by atoms with Crippen molar-refractivity contribution in [1.29, 1.82) is 0 Å². The molecule has 0 fully saturated rings. The summed E-state index contributed by atoms with van der Waals surface area (Å²) in [7, 11) is 0. The van der Waals surface area contributed by atoms with Crippen LogP contribution in [-0.4, -0.2) is 34.7 Å². The summed E-state index contributed by atoms with van der Waals surface area (Å²) in [4.78, 5) is 32.0. The molecule has 0 unspecified atom stereocenters. The third-order valence-electron chi connectivity index (χ3n) is 6.78. The quantitative estimate of drug-likeness (QED) is 0.101. The molecule has 1 aliphatic rings. The topological polar surface area (TPSA) is 88.8 Å². The number of aromatic nitrogens is 2. The Kier molecular flexibility index (Phi) is 9.60. The molecule has 0 amide bonds. The Labute approximate surface area is 235 Å². The summed E-state index contributed by atoms with van der Waals surface area (Å²) in [6.45, 7) is -1.23. The number of aromatic amines is 1. The van der Waals surface area contributed by atoms with Crippen LogP contribution in [0.25, 0.3) is 22.4 Å². The highest BCUT2D eigenvalue weighted by atomic mass is 32.2. The number of unbranched alkanes of at least 4 members (excludes halogenated alkanes) is 2. The van der Waals surface area contributed by atoms with Gasteiger partial charge in [0, 0.05) is 17.4 Å². The molecule has 3 aromatic carbocycles. The predicted molar refractivity (Wildman–Crippen MR) is 153 cm³/mol. The van der Waals surface area contributed by atoms with Gasteiger partial charge < -0.3 is 15.5 Å². The van der Waals surface area contributed by atoms with Gasteiger partial charge in [-0.05, 0) is 35.1 Å². The molecule has 0 bridgehead atoms. The number of benzene rings is 3. The summed E-state index contributed by atoms with van der Waals surface area (Å²) in [6, 6.07) is 27.8. The molecule has 0 aliphatic heterocycles. The first-order chi connectivity index (χ1) is 19.3. The predicted octanol–water partition coefficient (Wildman–Crippen LogP) is 6.76. The number of nitrogens with zero attached hydrogens (tertiary/aromatic N) is 1. The fraction of sp³-hybridized carbons (Fsp3) is 0.258. The number of aldehydes is 1. The van der Waals surface area contributed by atoms with Crippen LogP contribution in [0.4, 0.5) is 13.2 Å². The molecule has 1 aromatic heterocycles. The maximum Gasteiger partial charge on any atom is 0.400 e. The Balaban J connectivity index is 0.000000557. The monoisotopic (exact) mass is 565 g/mol. The number of hydrogen-bond donors (Lipinski definition) is 2. The van der Waals surface area contributed by atoms with E-state index in [2.05, 4.69) is 40.0 Å². The van der Waals surface area contributed by atoms with Crippen molar-refractivity contribution in [3.05, 3.63) is 106 Å². The molecule has 208 valence electrons. The van der Waals surface area contributed by atoms with Gasteiger partial charge in [0.2, 0.25) is 0 Å². The van der Waals surface area contributed by atoms with E-state index in [1.165, 1.54) is 17.2 Å². The van der Waals surface area contributed by atoms with Gasteiger partial charge in [-0.25, -0.2) is 4.98 Å². The molecule has 0 spiro atoms. The molecule has 0 radical (unpaired) electrons. The largest absolute Gasteiger partial charge is 0.400 e. The number of thioether (sulfide) groups is 1. The lowest BCUT2D eigenvalue weighted by Gasteiger charge is -2.25. The van der Waals surface area contributed by atoms with Crippen molar-refractivity contribution in [2.45, 2.75) is 42.4 Å². The second kappa shape index (κ2) is 13.1. The Morgan fingerprint density at radius 2 is 1.45 bits per heavy atom. The molecule has 9 heteroatoms. The molecule has 0 saturated heterocycles. The van der Waals surface area contributed by atoms with Crippen molar-refractivity contribution in [1.82, 2.24) is 9.97 Å². The lowest BCUT2D eigenvalue weighted by Crippen LogP contribution is -2.27. The van der Waals surface area contributed by atoms with E-state index >= 15 is 0 Å². The SMILES string of the molecule is NCC(F)(F)F.O=CC1(CCCCCSc2nc(-c3ccccc3)cc(=O)[nH]2)c2ccccc2-c2ccccc21. The van der Waals surface area contributed by atoms with E-state index in [0.717, 1.165) is 54.4 Å². The van der Waals surface area contributed by atoms with Gasteiger partial charge in [-0.1, -0.05) is 103 Å². The van der Waals surface area contributed by atoms with Crippen LogP contribution in [0.3, 0.4) is 0 Å². The fourth-order valence-electron chi connectivity index (χ4n) is 4.93. The molecular weight excluding hydrogens is 535 g/mol. The van der Waals surface area contributed by atoms with Crippen LogP contribution in [0.2, 0.25) is 0 Å². The summed E-state index contributed by atoms with van der Waals surface area (Å²) >= 11 is 1.57. The number of halogens is 3. The summed E-state index contributed by atoms with van der Waals surface area (Å²) in [6.07, 6.45) is 0.720. The van der Waals surface area contributed by atoms with Crippen LogP contribution in [0.1, 0.15) is 36.8 Å². The summed E-state index contributed by atoms with van der Waals surface area (Å²) in [5.74, 6) is 0.864. The van der Waals surface area contributed by atoms with E-state index in [1.807, 2.05) is 54.6 Å². The van der Waals surface area contributed by atoms with Crippen molar-refractivity contribution in [3.63, 3.8) is 0 Å². The van der Waals surface area contributed by atoms with E-state index in [4.69, 9.17) is 0 Å². The Hall–Kier alpha value is -3.69. The highest BCUT2D eigenvalue weighted by molar-refractivity contribution is 7.99. The fourth-order valence-corrected chi connectivity index (χ4v) is 5.80. The highest BCUT2D eigenvalue weighted by Gasteiger charge is 2.42. The zero-order valence-electron chi connectivity index (χ0n) is 21.8. The van der Waals surface area contributed by atoms with Crippen molar-refractivity contribution < 1.29 is 18.0 Å². The van der Waals surface area contributed by atoms with Gasteiger partial charge in [-0.2, -0.15) is 13.2 Å². The van der Waals surface area contributed by atoms with Gasteiger partial charge in [0.1, 0.15) is 6.29 Å². The second-order valence-corrected chi connectivity index (χ2v) is 10.5. The maximum atomic E-state index is 12.5. The second-order valence-electron chi connectivity index (χ2n) is 9.46. The van der Waals surface area contributed by atoms with E-state index in [1.54, 1.807) is 11.8 Å². The first kappa shape index (κ1) is 29.3. The van der Waals surface area contributed by atoms with Gasteiger partial charge in [0.25, 0.3) is 5.56 Å². The third kappa shape index (κ3) is 6.89. The third-order valence-corrected chi connectivity index (χ3v) is 7.74. The average Bonchev–Trinajstić information content (AvgIpc) is 3.25. The molecule has 40 heavy (non-hydrogen) atoms. The first-order valence-electron chi connectivity index (χ1n) is 13.0. The normalized spacial score (nSPS) is 13.1. The molecule has 3 N–H and O–H groups in total. The van der Waals surface area contributed by atoms with Crippen LogP contribution in [0.5, 0.6) is 0 Å². The summed E-state index contributed by atoms with van der Waals surface area (Å²) in [5.41, 5.74) is 9.72. The van der Waals surface area contributed by atoms with Crippen LogP contribution in [0.15, 0.2) is 94.9 Å². The van der Waals surface area contributed by atoms with E-state index in [9.17, 15) is 22.8 Å². The van der Waals surface area contributed by atoms with Gasteiger partial charge in [-0.15, -0.1) is 0 Å². The number of hydrogen-bond acceptors (Lipinski definition) is 5. The zero-order valence-corrected chi connectivity index (χ0v) is 22.6. The number of carbonyl (C=O) groups is 1. The van der Waals surface area contributed by atoms with Gasteiger partial charge >= 0.3 is 6.18 Å². The molecule has 5 nitrogen and oxygen atoms in total. The van der Waals surface area contributed by atoms with E-state index < -0.39 is 18.1 Å². The lowest BCUT2D eigenvalue weighted by atomic mass is 9.75. The van der Waals surface area contributed by atoms with E-state index in [0.29, 0.717) is 10.9 Å². The van der Waals surface area contributed by atoms with Crippen LogP contribution >= 0.6 is 11.8 Å². The average molecular weight is 566 g/mol. The highest BCUT2D eigenvalue weighted by Crippen LogP contribution is 2.50. The van der Waals surface area contributed by atoms with Gasteiger partial charge in [0.15, 0.2) is 5.16 Å². The number of rotatable bonds is 9. The molecule has 0 saturated carbocycles.